The highest BCUT2D eigenvalue weighted by molar-refractivity contribution is 9.10. The molecule has 11 heavy (non-hydrogen) atoms. The van der Waals surface area contributed by atoms with Gasteiger partial charge in [-0.2, -0.15) is 0 Å². The van der Waals surface area contributed by atoms with Gasteiger partial charge in [-0.3, -0.25) is 0 Å². The number of hydrogen-bond acceptors (Lipinski definition) is 1. The molecule has 0 N–H and O–H groups in total. The van der Waals surface area contributed by atoms with Gasteiger partial charge in [0.15, 0.2) is 0 Å². The summed E-state index contributed by atoms with van der Waals surface area (Å²) in [6.07, 6.45) is 2.72. The highest BCUT2D eigenvalue weighted by atomic mass is 79.9. The molecule has 1 rings (SSSR count). The standard InChI is InChI=1S/C9H17BrO/c1-8(2)6-5-7(11-8)9(3,4)10/h7H,5-6H2,1-4H3. The average Bonchev–Trinajstić information content (AvgIpc) is 2.07. The van der Waals surface area contributed by atoms with E-state index >= 15 is 0 Å². The van der Waals surface area contributed by atoms with Crippen molar-refractivity contribution in [1.82, 2.24) is 0 Å². The van der Waals surface area contributed by atoms with Crippen molar-refractivity contribution in [2.45, 2.75) is 56.6 Å². The molecule has 1 atom stereocenters. The van der Waals surface area contributed by atoms with E-state index in [0.717, 1.165) is 0 Å². The van der Waals surface area contributed by atoms with Gasteiger partial charge in [-0.05, 0) is 40.5 Å². The van der Waals surface area contributed by atoms with Crippen molar-refractivity contribution in [2.24, 2.45) is 0 Å². The van der Waals surface area contributed by atoms with Gasteiger partial charge in [0.1, 0.15) is 0 Å². The summed E-state index contributed by atoms with van der Waals surface area (Å²) in [5, 5.41) is 0. The van der Waals surface area contributed by atoms with Crippen LogP contribution in [0.15, 0.2) is 0 Å². The first-order valence-electron chi connectivity index (χ1n) is 4.18. The van der Waals surface area contributed by atoms with Gasteiger partial charge in [-0.25, -0.2) is 0 Å². The molecule has 0 amide bonds. The SMILES string of the molecule is CC1(C)CCC(C(C)(C)Br)O1. The summed E-state index contributed by atoms with van der Waals surface area (Å²) in [5.41, 5.74) is 0.0930. The number of halogens is 1. The molecule has 0 aromatic heterocycles. The van der Waals surface area contributed by atoms with E-state index in [9.17, 15) is 0 Å². The fourth-order valence-corrected chi connectivity index (χ4v) is 1.79. The summed E-state index contributed by atoms with van der Waals surface area (Å²) in [6.45, 7) is 8.65. The molecule has 0 bridgehead atoms. The van der Waals surface area contributed by atoms with Gasteiger partial charge in [-0.15, -0.1) is 0 Å². The second-order valence-electron chi connectivity index (χ2n) is 4.47. The van der Waals surface area contributed by atoms with Crippen molar-refractivity contribution in [3.05, 3.63) is 0 Å². The summed E-state index contributed by atoms with van der Waals surface area (Å²) in [7, 11) is 0. The van der Waals surface area contributed by atoms with Crippen molar-refractivity contribution < 1.29 is 4.74 Å². The van der Waals surface area contributed by atoms with E-state index in [2.05, 4.69) is 43.6 Å². The van der Waals surface area contributed by atoms with Crippen LogP contribution in [0.4, 0.5) is 0 Å². The maximum atomic E-state index is 5.87. The fourth-order valence-electron chi connectivity index (χ4n) is 1.47. The predicted octanol–water partition coefficient (Wildman–Crippen LogP) is 3.12. The van der Waals surface area contributed by atoms with E-state index in [1.165, 1.54) is 12.8 Å². The molecule has 1 aliphatic rings. The van der Waals surface area contributed by atoms with Crippen LogP contribution in [0.5, 0.6) is 0 Å². The van der Waals surface area contributed by atoms with Crippen LogP contribution in [0.1, 0.15) is 40.5 Å². The number of alkyl halides is 1. The molecule has 0 aliphatic carbocycles. The average molecular weight is 221 g/mol. The molecule has 1 nitrogen and oxygen atoms in total. The van der Waals surface area contributed by atoms with E-state index in [-0.39, 0.29) is 9.93 Å². The molecule has 1 fully saturated rings. The van der Waals surface area contributed by atoms with Crippen molar-refractivity contribution in [1.29, 1.82) is 0 Å². The molecule has 0 radical (unpaired) electrons. The van der Waals surface area contributed by atoms with Crippen LogP contribution < -0.4 is 0 Å². The van der Waals surface area contributed by atoms with E-state index in [1.54, 1.807) is 0 Å². The Kier molecular flexibility index (Phi) is 2.37. The van der Waals surface area contributed by atoms with Gasteiger partial charge < -0.3 is 4.74 Å². The topological polar surface area (TPSA) is 9.23 Å². The molecule has 0 aromatic carbocycles. The molecule has 0 saturated carbocycles. The van der Waals surface area contributed by atoms with E-state index in [0.29, 0.717) is 6.10 Å². The Hall–Kier alpha value is 0.440. The van der Waals surface area contributed by atoms with Gasteiger partial charge in [0.05, 0.1) is 11.7 Å². The Labute approximate surface area is 77.6 Å². The minimum Gasteiger partial charge on any atom is -0.371 e. The third-order valence-electron chi connectivity index (χ3n) is 2.24. The van der Waals surface area contributed by atoms with E-state index in [1.807, 2.05) is 0 Å². The largest absolute Gasteiger partial charge is 0.371 e. The Balaban J connectivity index is 2.55. The normalized spacial score (nSPS) is 30.8. The van der Waals surface area contributed by atoms with Gasteiger partial charge in [0, 0.05) is 4.32 Å². The molecule has 1 saturated heterocycles. The molecule has 1 aliphatic heterocycles. The number of rotatable bonds is 1. The minimum absolute atomic E-state index is 0.0930. The summed E-state index contributed by atoms with van der Waals surface area (Å²) in [4.78, 5) is 0. The number of ether oxygens (including phenoxy) is 1. The lowest BCUT2D eigenvalue weighted by molar-refractivity contribution is -0.0257. The van der Waals surface area contributed by atoms with Gasteiger partial charge in [0.25, 0.3) is 0 Å². The van der Waals surface area contributed by atoms with Crippen LogP contribution in [0.2, 0.25) is 0 Å². The van der Waals surface area contributed by atoms with E-state index in [4.69, 9.17) is 4.74 Å². The lowest BCUT2D eigenvalue weighted by atomic mass is 10.0. The zero-order chi connectivity index (χ0) is 8.70. The first-order valence-corrected chi connectivity index (χ1v) is 4.97. The first-order chi connectivity index (χ1) is 4.81. The van der Waals surface area contributed by atoms with Crippen LogP contribution in [0, 0.1) is 0 Å². The predicted molar refractivity (Wildman–Crippen MR) is 51.2 cm³/mol. The molecule has 66 valence electrons. The molecule has 0 aromatic rings. The molecule has 2 heteroatoms. The Morgan fingerprint density at radius 3 is 2.18 bits per heavy atom. The third kappa shape index (κ3) is 2.45. The van der Waals surface area contributed by atoms with Crippen molar-refractivity contribution in [2.75, 3.05) is 0 Å². The van der Waals surface area contributed by atoms with Crippen LogP contribution in [-0.4, -0.2) is 16.0 Å². The molecule has 1 heterocycles. The smallest absolute Gasteiger partial charge is 0.0731 e. The summed E-state index contributed by atoms with van der Waals surface area (Å²) in [6, 6.07) is 0. The second kappa shape index (κ2) is 2.74. The third-order valence-corrected chi connectivity index (χ3v) is 2.75. The van der Waals surface area contributed by atoms with Crippen molar-refractivity contribution in [3.63, 3.8) is 0 Å². The summed E-state index contributed by atoms with van der Waals surface area (Å²) >= 11 is 3.63. The molecular formula is C9H17BrO. The van der Waals surface area contributed by atoms with Gasteiger partial charge in [-0.1, -0.05) is 15.9 Å². The Bertz CT molecular complexity index is 146. The van der Waals surface area contributed by atoms with Gasteiger partial charge >= 0.3 is 0 Å². The second-order valence-corrected chi connectivity index (χ2v) is 6.51. The molecular weight excluding hydrogens is 204 g/mol. The molecule has 1 unspecified atom stereocenters. The highest BCUT2D eigenvalue weighted by Gasteiger charge is 2.38. The van der Waals surface area contributed by atoms with Crippen LogP contribution in [0.3, 0.4) is 0 Å². The fraction of sp³-hybridized carbons (Fsp3) is 1.00. The lowest BCUT2D eigenvalue weighted by Gasteiger charge is -2.27. The Morgan fingerprint density at radius 1 is 1.45 bits per heavy atom. The zero-order valence-corrected chi connectivity index (χ0v) is 9.36. The maximum Gasteiger partial charge on any atom is 0.0731 e. The summed E-state index contributed by atoms with van der Waals surface area (Å²) in [5.74, 6) is 0. The molecule has 0 spiro atoms. The number of hydrogen-bond donors (Lipinski definition) is 0. The summed E-state index contributed by atoms with van der Waals surface area (Å²) < 4.78 is 5.99. The monoisotopic (exact) mass is 220 g/mol. The van der Waals surface area contributed by atoms with Crippen LogP contribution in [0.25, 0.3) is 0 Å². The van der Waals surface area contributed by atoms with Crippen LogP contribution in [-0.2, 0) is 4.74 Å². The highest BCUT2D eigenvalue weighted by Crippen LogP contribution is 2.38. The van der Waals surface area contributed by atoms with Crippen LogP contribution >= 0.6 is 15.9 Å². The van der Waals surface area contributed by atoms with E-state index < -0.39 is 0 Å². The quantitative estimate of drug-likeness (QED) is 0.618. The first kappa shape index (κ1) is 9.53. The van der Waals surface area contributed by atoms with Crippen molar-refractivity contribution >= 4 is 15.9 Å². The Morgan fingerprint density at radius 2 is 2.00 bits per heavy atom. The van der Waals surface area contributed by atoms with Gasteiger partial charge in [0.2, 0.25) is 0 Å². The maximum absolute atomic E-state index is 5.87. The minimum atomic E-state index is 0.0930. The lowest BCUT2D eigenvalue weighted by Crippen LogP contribution is -2.32. The van der Waals surface area contributed by atoms with Crippen molar-refractivity contribution in [3.8, 4) is 0 Å². The zero-order valence-electron chi connectivity index (χ0n) is 7.78.